The highest BCUT2D eigenvalue weighted by Crippen LogP contribution is 2.00. The van der Waals surface area contributed by atoms with Crippen molar-refractivity contribution in [2.24, 2.45) is 12.8 Å². The zero-order valence-corrected chi connectivity index (χ0v) is 8.49. The van der Waals surface area contributed by atoms with Crippen molar-refractivity contribution in [3.63, 3.8) is 0 Å². The fourth-order valence-electron chi connectivity index (χ4n) is 0.758. The van der Waals surface area contributed by atoms with Gasteiger partial charge in [0.1, 0.15) is 0 Å². The van der Waals surface area contributed by atoms with E-state index in [1.165, 1.54) is 4.80 Å². The predicted octanol–water partition coefficient (Wildman–Crippen LogP) is -1.19. The number of nitrogens with zero attached hydrogens (tertiary/aromatic N) is 4. The summed E-state index contributed by atoms with van der Waals surface area (Å²) in [6.45, 7) is 2.25. The van der Waals surface area contributed by atoms with Crippen LogP contribution in [0.25, 0.3) is 0 Å². The largest absolute Gasteiger partial charge is 0.329 e. The molecule has 7 heteroatoms. The molecular weight excluding hydrogens is 190 g/mol. The van der Waals surface area contributed by atoms with E-state index in [9.17, 15) is 4.21 Å². The summed E-state index contributed by atoms with van der Waals surface area (Å²) in [5.74, 6) is 0.827. The van der Waals surface area contributed by atoms with E-state index in [-0.39, 0.29) is 5.25 Å². The molecule has 74 valence electrons. The molecule has 0 aliphatic carbocycles. The normalized spacial score (nSPS) is 15.6. The maximum absolute atomic E-state index is 11.5. The first kappa shape index (κ1) is 10.3. The topological polar surface area (TPSA) is 86.7 Å². The number of hydrogen-bond donors (Lipinski definition) is 1. The molecule has 1 aromatic heterocycles. The zero-order chi connectivity index (χ0) is 9.84. The van der Waals surface area contributed by atoms with Gasteiger partial charge in [0.15, 0.2) is 5.82 Å². The predicted molar refractivity (Wildman–Crippen MR) is 49.2 cm³/mol. The standard InChI is InChI=1S/C6H13N5OS/c1-5(3-7)13(12)4-6-8-10-11(2)9-6/h5H,3-4,7H2,1-2H3. The first-order valence-electron chi connectivity index (χ1n) is 3.93. The lowest BCUT2D eigenvalue weighted by molar-refractivity contribution is 0.628. The molecule has 0 saturated heterocycles. The molecule has 0 spiro atoms. The lowest BCUT2D eigenvalue weighted by atomic mass is 10.5. The monoisotopic (exact) mass is 203 g/mol. The Morgan fingerprint density at radius 1 is 1.69 bits per heavy atom. The average Bonchev–Trinajstić information content (AvgIpc) is 2.49. The van der Waals surface area contributed by atoms with Gasteiger partial charge in [-0.25, -0.2) is 0 Å². The van der Waals surface area contributed by atoms with Crippen LogP contribution >= 0.6 is 0 Å². The average molecular weight is 203 g/mol. The van der Waals surface area contributed by atoms with Gasteiger partial charge in [-0.3, -0.25) is 4.21 Å². The van der Waals surface area contributed by atoms with Crippen molar-refractivity contribution in [2.45, 2.75) is 17.9 Å². The minimum Gasteiger partial charge on any atom is -0.329 e. The van der Waals surface area contributed by atoms with E-state index in [0.29, 0.717) is 18.1 Å². The molecule has 13 heavy (non-hydrogen) atoms. The molecule has 2 atom stereocenters. The quantitative estimate of drug-likeness (QED) is 0.664. The second kappa shape index (κ2) is 4.43. The van der Waals surface area contributed by atoms with Crippen LogP contribution in [0.4, 0.5) is 0 Å². The highest BCUT2D eigenvalue weighted by molar-refractivity contribution is 7.84. The van der Waals surface area contributed by atoms with E-state index >= 15 is 0 Å². The van der Waals surface area contributed by atoms with Crippen LogP contribution in [0.5, 0.6) is 0 Å². The first-order valence-corrected chi connectivity index (χ1v) is 5.31. The maximum Gasteiger partial charge on any atom is 0.187 e. The Kier molecular flexibility index (Phi) is 3.49. The third kappa shape index (κ3) is 2.85. The van der Waals surface area contributed by atoms with Gasteiger partial charge in [0.05, 0.1) is 12.8 Å². The van der Waals surface area contributed by atoms with Gasteiger partial charge in [-0.1, -0.05) is 0 Å². The van der Waals surface area contributed by atoms with Crippen LogP contribution < -0.4 is 5.73 Å². The number of aromatic nitrogens is 4. The first-order chi connectivity index (χ1) is 6.13. The Bertz CT molecular complexity index is 299. The van der Waals surface area contributed by atoms with Crippen molar-refractivity contribution in [1.29, 1.82) is 0 Å². The summed E-state index contributed by atoms with van der Waals surface area (Å²) < 4.78 is 11.5. The summed E-state index contributed by atoms with van der Waals surface area (Å²) in [4.78, 5) is 1.35. The van der Waals surface area contributed by atoms with E-state index in [1.807, 2.05) is 6.92 Å². The number of rotatable bonds is 4. The second-order valence-corrected chi connectivity index (χ2v) is 4.62. The van der Waals surface area contributed by atoms with Crippen molar-refractivity contribution in [2.75, 3.05) is 6.54 Å². The molecule has 0 bridgehead atoms. The van der Waals surface area contributed by atoms with Crippen LogP contribution in [0.2, 0.25) is 0 Å². The van der Waals surface area contributed by atoms with Crippen LogP contribution in [0.15, 0.2) is 0 Å². The molecule has 1 aromatic rings. The molecule has 1 heterocycles. The van der Waals surface area contributed by atoms with Crippen LogP contribution in [0.1, 0.15) is 12.7 Å². The van der Waals surface area contributed by atoms with Crippen LogP contribution in [-0.2, 0) is 23.6 Å². The summed E-state index contributed by atoms with van der Waals surface area (Å²) >= 11 is 0. The molecule has 0 aliphatic rings. The number of hydrogen-bond acceptors (Lipinski definition) is 5. The van der Waals surface area contributed by atoms with Crippen molar-refractivity contribution in [3.8, 4) is 0 Å². The summed E-state index contributed by atoms with van der Waals surface area (Å²) in [6, 6.07) is 0. The third-order valence-electron chi connectivity index (χ3n) is 1.60. The van der Waals surface area contributed by atoms with E-state index in [1.54, 1.807) is 7.05 Å². The number of nitrogens with two attached hydrogens (primary N) is 1. The fourth-order valence-corrected chi connectivity index (χ4v) is 1.63. The summed E-state index contributed by atoms with van der Waals surface area (Å²) in [5.41, 5.74) is 5.38. The highest BCUT2D eigenvalue weighted by atomic mass is 32.2. The van der Waals surface area contributed by atoms with Gasteiger partial charge in [0.2, 0.25) is 0 Å². The molecule has 0 saturated carbocycles. The zero-order valence-electron chi connectivity index (χ0n) is 7.67. The van der Waals surface area contributed by atoms with Crippen molar-refractivity contribution >= 4 is 10.8 Å². The SMILES string of the molecule is CC(CN)S(=O)Cc1nnn(C)n1. The Balaban J connectivity index is 2.54. The van der Waals surface area contributed by atoms with Crippen molar-refractivity contribution in [3.05, 3.63) is 5.82 Å². The van der Waals surface area contributed by atoms with Gasteiger partial charge < -0.3 is 5.73 Å². The van der Waals surface area contributed by atoms with Gasteiger partial charge in [-0.05, 0) is 12.1 Å². The molecule has 6 nitrogen and oxygen atoms in total. The van der Waals surface area contributed by atoms with Crippen molar-refractivity contribution < 1.29 is 4.21 Å². The minimum atomic E-state index is -1.01. The van der Waals surface area contributed by atoms with Crippen LogP contribution in [-0.4, -0.2) is 36.2 Å². The van der Waals surface area contributed by atoms with Gasteiger partial charge in [0.25, 0.3) is 0 Å². The Labute approximate surface area is 79.0 Å². The number of tetrazole rings is 1. The fraction of sp³-hybridized carbons (Fsp3) is 0.833. The summed E-state index contributed by atoms with van der Waals surface area (Å²) in [5, 5.41) is 11.3. The van der Waals surface area contributed by atoms with Gasteiger partial charge in [0, 0.05) is 22.6 Å². The molecule has 0 aliphatic heterocycles. The van der Waals surface area contributed by atoms with E-state index < -0.39 is 10.8 Å². The number of aryl methyl sites for hydroxylation is 1. The summed E-state index contributed by atoms with van der Waals surface area (Å²) in [6.07, 6.45) is 0. The van der Waals surface area contributed by atoms with Crippen molar-refractivity contribution in [1.82, 2.24) is 20.2 Å². The lowest BCUT2D eigenvalue weighted by Gasteiger charge is -2.04. The molecule has 2 N–H and O–H groups in total. The molecule has 0 fully saturated rings. The second-order valence-electron chi connectivity index (χ2n) is 2.77. The molecule has 1 rings (SSSR count). The van der Waals surface area contributed by atoms with E-state index in [2.05, 4.69) is 15.4 Å². The molecule has 2 unspecified atom stereocenters. The Morgan fingerprint density at radius 2 is 2.38 bits per heavy atom. The molecule has 0 amide bonds. The molecule has 0 radical (unpaired) electrons. The summed E-state index contributed by atoms with van der Waals surface area (Å²) in [7, 11) is 0.667. The van der Waals surface area contributed by atoms with E-state index in [0.717, 1.165) is 0 Å². The molecular formula is C6H13N5OS. The Hall–Kier alpha value is -0.820. The Morgan fingerprint density at radius 3 is 2.85 bits per heavy atom. The van der Waals surface area contributed by atoms with Crippen LogP contribution in [0.3, 0.4) is 0 Å². The maximum atomic E-state index is 11.5. The van der Waals surface area contributed by atoms with Gasteiger partial charge in [-0.2, -0.15) is 4.80 Å². The highest BCUT2D eigenvalue weighted by Gasteiger charge is 2.12. The molecule has 0 aromatic carbocycles. The van der Waals surface area contributed by atoms with Gasteiger partial charge in [-0.15, -0.1) is 10.2 Å². The smallest absolute Gasteiger partial charge is 0.187 e. The van der Waals surface area contributed by atoms with Crippen LogP contribution in [0, 0.1) is 0 Å². The third-order valence-corrected chi connectivity index (χ3v) is 3.23. The van der Waals surface area contributed by atoms with E-state index in [4.69, 9.17) is 5.73 Å². The minimum absolute atomic E-state index is 0.0243. The van der Waals surface area contributed by atoms with Gasteiger partial charge >= 0.3 is 0 Å². The lowest BCUT2D eigenvalue weighted by Crippen LogP contribution is -2.23.